The highest BCUT2D eigenvalue weighted by Crippen LogP contribution is 2.31. The first-order valence-electron chi connectivity index (χ1n) is 6.56. The zero-order valence-corrected chi connectivity index (χ0v) is 10.8. The lowest BCUT2D eigenvalue weighted by molar-refractivity contribution is -0.130. The molecule has 0 aliphatic carbocycles. The van der Waals surface area contributed by atoms with Gasteiger partial charge in [0.25, 0.3) is 5.91 Å². The predicted octanol–water partition coefficient (Wildman–Crippen LogP) is 1.74. The largest absolute Gasteiger partial charge is 0.341 e. The third kappa shape index (κ3) is 1.93. The van der Waals surface area contributed by atoms with E-state index in [0.717, 1.165) is 31.5 Å². The third-order valence-corrected chi connectivity index (χ3v) is 3.79. The number of fused-ring (bicyclic) bond motifs is 1. The van der Waals surface area contributed by atoms with E-state index in [4.69, 9.17) is 0 Å². The summed E-state index contributed by atoms with van der Waals surface area (Å²) < 4.78 is 0. The molecule has 4 heteroatoms. The SMILES string of the molecule is C=C1c2ccccc2C(=O)N1CC(=O)N1CCCC1. The minimum atomic E-state index is -0.117. The number of benzene rings is 1. The van der Waals surface area contributed by atoms with E-state index in [-0.39, 0.29) is 18.4 Å². The Morgan fingerprint density at radius 2 is 1.79 bits per heavy atom. The molecule has 0 N–H and O–H groups in total. The van der Waals surface area contributed by atoms with Crippen molar-refractivity contribution in [2.24, 2.45) is 0 Å². The van der Waals surface area contributed by atoms with Crippen molar-refractivity contribution in [3.8, 4) is 0 Å². The summed E-state index contributed by atoms with van der Waals surface area (Å²) in [5, 5.41) is 0. The van der Waals surface area contributed by atoms with E-state index in [2.05, 4.69) is 6.58 Å². The first kappa shape index (κ1) is 12.0. The molecule has 1 aromatic rings. The van der Waals surface area contributed by atoms with E-state index in [0.29, 0.717) is 11.3 Å². The fourth-order valence-electron chi connectivity index (χ4n) is 2.70. The summed E-state index contributed by atoms with van der Waals surface area (Å²) in [5.41, 5.74) is 2.11. The van der Waals surface area contributed by atoms with Gasteiger partial charge < -0.3 is 4.90 Å². The van der Waals surface area contributed by atoms with E-state index < -0.39 is 0 Å². The molecule has 1 aromatic carbocycles. The summed E-state index contributed by atoms with van der Waals surface area (Å²) in [6, 6.07) is 7.36. The van der Waals surface area contributed by atoms with Gasteiger partial charge in [-0.1, -0.05) is 24.8 Å². The van der Waals surface area contributed by atoms with Gasteiger partial charge in [-0.25, -0.2) is 0 Å². The van der Waals surface area contributed by atoms with Crippen molar-refractivity contribution in [3.63, 3.8) is 0 Å². The number of likely N-dealkylation sites (tertiary alicyclic amines) is 1. The predicted molar refractivity (Wildman–Crippen MR) is 72.3 cm³/mol. The number of hydrogen-bond donors (Lipinski definition) is 0. The normalized spacial score (nSPS) is 18.1. The maximum Gasteiger partial charge on any atom is 0.259 e. The van der Waals surface area contributed by atoms with E-state index >= 15 is 0 Å². The number of carbonyl (C=O) groups excluding carboxylic acids is 2. The maximum absolute atomic E-state index is 12.3. The average molecular weight is 256 g/mol. The minimum Gasteiger partial charge on any atom is -0.341 e. The Morgan fingerprint density at radius 1 is 1.16 bits per heavy atom. The van der Waals surface area contributed by atoms with Crippen LogP contribution in [0.15, 0.2) is 30.8 Å². The molecule has 0 atom stereocenters. The minimum absolute atomic E-state index is 0.0137. The molecule has 1 saturated heterocycles. The van der Waals surface area contributed by atoms with Crippen LogP contribution in [0.25, 0.3) is 5.70 Å². The number of rotatable bonds is 2. The fourth-order valence-corrected chi connectivity index (χ4v) is 2.70. The van der Waals surface area contributed by atoms with Gasteiger partial charge in [-0.15, -0.1) is 0 Å². The van der Waals surface area contributed by atoms with Crippen molar-refractivity contribution in [2.45, 2.75) is 12.8 Å². The molecule has 19 heavy (non-hydrogen) atoms. The average Bonchev–Trinajstić information content (AvgIpc) is 3.03. The Balaban J connectivity index is 1.78. The van der Waals surface area contributed by atoms with Crippen LogP contribution in [0.3, 0.4) is 0 Å². The first-order chi connectivity index (χ1) is 9.18. The van der Waals surface area contributed by atoms with Crippen molar-refractivity contribution in [1.82, 2.24) is 9.80 Å². The summed E-state index contributed by atoms with van der Waals surface area (Å²) in [5.74, 6) is -0.104. The van der Waals surface area contributed by atoms with Gasteiger partial charge in [-0.05, 0) is 18.9 Å². The summed E-state index contributed by atoms with van der Waals surface area (Å²) in [7, 11) is 0. The van der Waals surface area contributed by atoms with Crippen LogP contribution in [-0.4, -0.2) is 41.2 Å². The molecule has 2 aliphatic rings. The second-order valence-electron chi connectivity index (χ2n) is 4.97. The zero-order chi connectivity index (χ0) is 13.4. The Bertz CT molecular complexity index is 524. The molecule has 0 bridgehead atoms. The molecular weight excluding hydrogens is 240 g/mol. The summed E-state index contributed by atoms with van der Waals surface area (Å²) in [6.45, 7) is 5.66. The van der Waals surface area contributed by atoms with Crippen molar-refractivity contribution >= 4 is 17.5 Å². The van der Waals surface area contributed by atoms with Gasteiger partial charge >= 0.3 is 0 Å². The Hall–Kier alpha value is -2.10. The van der Waals surface area contributed by atoms with Crippen molar-refractivity contribution < 1.29 is 9.59 Å². The van der Waals surface area contributed by atoms with Crippen LogP contribution < -0.4 is 0 Å². The highest BCUT2D eigenvalue weighted by molar-refractivity contribution is 6.10. The third-order valence-electron chi connectivity index (χ3n) is 3.79. The monoisotopic (exact) mass is 256 g/mol. The standard InChI is InChI=1S/C15H16N2O2/c1-11-12-6-2-3-7-13(12)15(19)17(11)10-14(18)16-8-4-5-9-16/h2-3,6-7H,1,4-5,8-10H2. The van der Waals surface area contributed by atoms with Gasteiger partial charge in [-0.2, -0.15) is 0 Å². The van der Waals surface area contributed by atoms with Crippen LogP contribution in [-0.2, 0) is 4.79 Å². The molecule has 2 aliphatic heterocycles. The molecule has 0 radical (unpaired) electrons. The topological polar surface area (TPSA) is 40.6 Å². The van der Waals surface area contributed by atoms with Crippen molar-refractivity contribution in [3.05, 3.63) is 42.0 Å². The van der Waals surface area contributed by atoms with E-state index in [1.807, 2.05) is 23.1 Å². The van der Waals surface area contributed by atoms with Crippen molar-refractivity contribution in [1.29, 1.82) is 0 Å². The van der Waals surface area contributed by atoms with Gasteiger partial charge in [0, 0.05) is 29.9 Å². The van der Waals surface area contributed by atoms with Gasteiger partial charge in [-0.3, -0.25) is 14.5 Å². The van der Waals surface area contributed by atoms with Gasteiger partial charge in [0.05, 0.1) is 0 Å². The second kappa shape index (κ2) is 4.53. The van der Waals surface area contributed by atoms with E-state index in [1.165, 1.54) is 4.90 Å². The molecule has 0 aromatic heterocycles. The van der Waals surface area contributed by atoms with E-state index in [9.17, 15) is 9.59 Å². The van der Waals surface area contributed by atoms with Crippen LogP contribution in [0.5, 0.6) is 0 Å². The van der Waals surface area contributed by atoms with Gasteiger partial charge in [0.2, 0.25) is 5.91 Å². The van der Waals surface area contributed by atoms with Crippen LogP contribution in [0.4, 0.5) is 0 Å². The maximum atomic E-state index is 12.3. The molecule has 0 unspecified atom stereocenters. The summed E-state index contributed by atoms with van der Waals surface area (Å²) in [4.78, 5) is 27.7. The van der Waals surface area contributed by atoms with Crippen molar-refractivity contribution in [2.75, 3.05) is 19.6 Å². The molecule has 2 amide bonds. The molecule has 2 heterocycles. The number of hydrogen-bond acceptors (Lipinski definition) is 2. The Labute approximate surface area is 112 Å². The number of nitrogens with zero attached hydrogens (tertiary/aromatic N) is 2. The van der Waals surface area contributed by atoms with Gasteiger partial charge in [0.1, 0.15) is 6.54 Å². The summed E-state index contributed by atoms with van der Waals surface area (Å²) >= 11 is 0. The second-order valence-corrected chi connectivity index (χ2v) is 4.97. The molecule has 3 rings (SSSR count). The summed E-state index contributed by atoms with van der Waals surface area (Å²) in [6.07, 6.45) is 2.11. The highest BCUT2D eigenvalue weighted by atomic mass is 16.2. The fraction of sp³-hybridized carbons (Fsp3) is 0.333. The first-order valence-corrected chi connectivity index (χ1v) is 6.56. The quantitative estimate of drug-likeness (QED) is 0.808. The number of amides is 2. The molecular formula is C15H16N2O2. The van der Waals surface area contributed by atoms with Crippen LogP contribution in [0, 0.1) is 0 Å². The Kier molecular flexibility index (Phi) is 2.85. The number of carbonyl (C=O) groups is 2. The molecule has 98 valence electrons. The lowest BCUT2D eigenvalue weighted by atomic mass is 10.1. The van der Waals surface area contributed by atoms with Crippen LogP contribution >= 0.6 is 0 Å². The molecule has 1 fully saturated rings. The van der Waals surface area contributed by atoms with E-state index in [1.54, 1.807) is 6.07 Å². The molecule has 4 nitrogen and oxygen atoms in total. The highest BCUT2D eigenvalue weighted by Gasteiger charge is 2.33. The lowest BCUT2D eigenvalue weighted by Crippen LogP contribution is -2.38. The lowest BCUT2D eigenvalue weighted by Gasteiger charge is -2.21. The van der Waals surface area contributed by atoms with Crippen LogP contribution in [0.2, 0.25) is 0 Å². The zero-order valence-electron chi connectivity index (χ0n) is 10.8. The smallest absolute Gasteiger partial charge is 0.259 e. The molecule has 0 spiro atoms. The van der Waals surface area contributed by atoms with Crippen LogP contribution in [0.1, 0.15) is 28.8 Å². The Morgan fingerprint density at radius 3 is 2.42 bits per heavy atom. The van der Waals surface area contributed by atoms with Gasteiger partial charge in [0.15, 0.2) is 0 Å². The molecule has 0 saturated carbocycles.